The van der Waals surface area contributed by atoms with Crippen molar-refractivity contribution in [2.75, 3.05) is 6.54 Å². The topological polar surface area (TPSA) is 12.0 Å². The van der Waals surface area contributed by atoms with Gasteiger partial charge in [-0.25, -0.2) is 0 Å². The first-order chi connectivity index (χ1) is 9.93. The van der Waals surface area contributed by atoms with Gasteiger partial charge in [0, 0.05) is 4.88 Å². The second-order valence-corrected chi connectivity index (χ2v) is 8.21. The Balaban J connectivity index is 2.50. The number of halogens is 1. The molecule has 0 aliphatic carbocycles. The van der Waals surface area contributed by atoms with Crippen LogP contribution >= 0.6 is 27.3 Å². The number of thiophene rings is 1. The van der Waals surface area contributed by atoms with E-state index in [9.17, 15) is 0 Å². The van der Waals surface area contributed by atoms with Crippen LogP contribution in [0, 0.1) is 27.7 Å². The van der Waals surface area contributed by atoms with E-state index >= 15 is 0 Å². The molecule has 0 saturated heterocycles. The minimum atomic E-state index is 0.292. The molecule has 1 nitrogen and oxygen atoms in total. The van der Waals surface area contributed by atoms with Gasteiger partial charge in [-0.1, -0.05) is 24.6 Å². The van der Waals surface area contributed by atoms with Gasteiger partial charge in [0.05, 0.1) is 9.83 Å². The maximum atomic E-state index is 3.73. The summed E-state index contributed by atoms with van der Waals surface area (Å²) >= 11 is 5.51. The Bertz CT molecular complexity index is 588. The average Bonchev–Trinajstić information content (AvgIpc) is 2.72. The summed E-state index contributed by atoms with van der Waals surface area (Å²) in [5, 5.41) is 3.73. The predicted molar refractivity (Wildman–Crippen MR) is 97.5 cm³/mol. The molecular formula is C18H24BrNS. The van der Waals surface area contributed by atoms with Crippen molar-refractivity contribution in [2.45, 2.75) is 47.1 Å². The van der Waals surface area contributed by atoms with Gasteiger partial charge in [0.1, 0.15) is 0 Å². The number of rotatable bonds is 5. The van der Waals surface area contributed by atoms with Gasteiger partial charge >= 0.3 is 0 Å². The first-order valence-corrected chi connectivity index (χ1v) is 9.12. The minimum Gasteiger partial charge on any atom is -0.306 e. The van der Waals surface area contributed by atoms with Gasteiger partial charge in [0.15, 0.2) is 0 Å². The van der Waals surface area contributed by atoms with Crippen LogP contribution in [-0.2, 0) is 0 Å². The summed E-state index contributed by atoms with van der Waals surface area (Å²) in [6, 6.07) is 7.18. The zero-order chi connectivity index (χ0) is 15.6. The van der Waals surface area contributed by atoms with Gasteiger partial charge in [0.25, 0.3) is 0 Å². The van der Waals surface area contributed by atoms with Crippen LogP contribution in [0.25, 0.3) is 0 Å². The Morgan fingerprint density at radius 1 is 1.05 bits per heavy atom. The van der Waals surface area contributed by atoms with Gasteiger partial charge in [-0.15, -0.1) is 11.3 Å². The fraction of sp³-hybridized carbons (Fsp3) is 0.444. The van der Waals surface area contributed by atoms with E-state index in [1.807, 2.05) is 11.3 Å². The monoisotopic (exact) mass is 365 g/mol. The van der Waals surface area contributed by atoms with Gasteiger partial charge < -0.3 is 5.32 Å². The van der Waals surface area contributed by atoms with Crippen molar-refractivity contribution in [2.24, 2.45) is 0 Å². The summed E-state index contributed by atoms with van der Waals surface area (Å²) in [6.07, 6.45) is 1.14. The molecule has 21 heavy (non-hydrogen) atoms. The molecule has 1 N–H and O–H groups in total. The molecule has 114 valence electrons. The molecule has 0 aliphatic heterocycles. The Labute approximate surface area is 140 Å². The molecule has 3 heteroatoms. The van der Waals surface area contributed by atoms with E-state index in [0.29, 0.717) is 6.04 Å². The van der Waals surface area contributed by atoms with E-state index in [4.69, 9.17) is 0 Å². The quantitative estimate of drug-likeness (QED) is 0.702. The molecule has 0 bridgehead atoms. The largest absolute Gasteiger partial charge is 0.306 e. The van der Waals surface area contributed by atoms with Crippen LogP contribution in [0.3, 0.4) is 0 Å². The van der Waals surface area contributed by atoms with Gasteiger partial charge in [-0.05, 0) is 84.9 Å². The number of hydrogen-bond acceptors (Lipinski definition) is 2. The Morgan fingerprint density at radius 3 is 2.14 bits per heavy atom. The smallest absolute Gasteiger partial charge is 0.0731 e. The van der Waals surface area contributed by atoms with Crippen LogP contribution in [-0.4, -0.2) is 6.54 Å². The highest BCUT2D eigenvalue weighted by molar-refractivity contribution is 9.11. The molecule has 0 amide bonds. The molecule has 0 spiro atoms. The van der Waals surface area contributed by atoms with Crippen molar-refractivity contribution >= 4 is 27.3 Å². The first-order valence-electron chi connectivity index (χ1n) is 7.51. The van der Waals surface area contributed by atoms with Gasteiger partial charge in [-0.3, -0.25) is 0 Å². The average molecular weight is 366 g/mol. The second kappa shape index (κ2) is 7.08. The maximum absolute atomic E-state index is 3.73. The third-order valence-electron chi connectivity index (χ3n) is 3.79. The van der Waals surface area contributed by atoms with Gasteiger partial charge in [-0.2, -0.15) is 0 Å². The minimum absolute atomic E-state index is 0.292. The lowest BCUT2D eigenvalue weighted by Gasteiger charge is -2.22. The number of hydrogen-bond donors (Lipinski definition) is 1. The fourth-order valence-electron chi connectivity index (χ4n) is 2.91. The fourth-order valence-corrected chi connectivity index (χ4v) is 4.56. The molecule has 0 fully saturated rings. The third-order valence-corrected chi connectivity index (χ3v) is 5.99. The van der Waals surface area contributed by atoms with Crippen molar-refractivity contribution in [3.63, 3.8) is 0 Å². The zero-order valence-corrected chi connectivity index (χ0v) is 15.9. The standard InChI is InChI=1S/C18H24BrNS/c1-6-7-20-17(15-10-14(5)18(19)21-15)16-12(3)8-11(2)9-13(16)4/h8-10,17,20H,6-7H2,1-5H3. The molecule has 1 unspecified atom stereocenters. The lowest BCUT2D eigenvalue weighted by Crippen LogP contribution is -2.24. The third kappa shape index (κ3) is 3.77. The molecular weight excluding hydrogens is 342 g/mol. The lowest BCUT2D eigenvalue weighted by atomic mass is 9.93. The summed E-state index contributed by atoms with van der Waals surface area (Å²) in [7, 11) is 0. The van der Waals surface area contributed by atoms with Crippen LogP contribution in [0.4, 0.5) is 0 Å². The maximum Gasteiger partial charge on any atom is 0.0731 e. The highest BCUT2D eigenvalue weighted by Gasteiger charge is 2.20. The Hall–Kier alpha value is -0.640. The summed E-state index contributed by atoms with van der Waals surface area (Å²) in [5.41, 5.74) is 6.85. The normalized spacial score (nSPS) is 12.7. The second-order valence-electron chi connectivity index (χ2n) is 5.81. The van der Waals surface area contributed by atoms with Crippen LogP contribution in [0.1, 0.15) is 52.1 Å². The van der Waals surface area contributed by atoms with Crippen LogP contribution < -0.4 is 5.32 Å². The van der Waals surface area contributed by atoms with E-state index in [1.165, 1.54) is 36.5 Å². The van der Waals surface area contributed by atoms with Crippen LogP contribution in [0.15, 0.2) is 22.0 Å². The zero-order valence-electron chi connectivity index (χ0n) is 13.5. The number of benzene rings is 1. The Morgan fingerprint density at radius 2 is 1.67 bits per heavy atom. The molecule has 1 aromatic heterocycles. The van der Waals surface area contributed by atoms with E-state index in [2.05, 4.69) is 74.1 Å². The van der Waals surface area contributed by atoms with E-state index in [1.54, 1.807) is 0 Å². The van der Waals surface area contributed by atoms with E-state index in [0.717, 1.165) is 13.0 Å². The van der Waals surface area contributed by atoms with Crippen molar-refractivity contribution in [3.8, 4) is 0 Å². The molecule has 0 radical (unpaired) electrons. The first kappa shape index (κ1) is 16.7. The number of aryl methyl sites for hydroxylation is 4. The summed E-state index contributed by atoms with van der Waals surface area (Å²) in [5.74, 6) is 0. The van der Waals surface area contributed by atoms with Crippen molar-refractivity contribution < 1.29 is 0 Å². The molecule has 1 heterocycles. The lowest BCUT2D eigenvalue weighted by molar-refractivity contribution is 0.601. The van der Waals surface area contributed by atoms with Crippen molar-refractivity contribution in [1.29, 1.82) is 0 Å². The predicted octanol–water partition coefficient (Wildman–Crippen LogP) is 5.83. The summed E-state index contributed by atoms with van der Waals surface area (Å²) in [4.78, 5) is 1.39. The van der Waals surface area contributed by atoms with E-state index < -0.39 is 0 Å². The molecule has 1 aromatic carbocycles. The molecule has 0 aliphatic rings. The van der Waals surface area contributed by atoms with Crippen molar-refractivity contribution in [3.05, 3.63) is 54.7 Å². The summed E-state index contributed by atoms with van der Waals surface area (Å²) < 4.78 is 1.24. The molecule has 2 aromatic rings. The molecule has 0 saturated carbocycles. The van der Waals surface area contributed by atoms with Crippen molar-refractivity contribution in [1.82, 2.24) is 5.32 Å². The molecule has 2 rings (SSSR count). The van der Waals surface area contributed by atoms with Gasteiger partial charge in [0.2, 0.25) is 0 Å². The highest BCUT2D eigenvalue weighted by atomic mass is 79.9. The molecule has 1 atom stereocenters. The summed E-state index contributed by atoms with van der Waals surface area (Å²) in [6.45, 7) is 12.0. The SMILES string of the molecule is CCCNC(c1cc(C)c(Br)s1)c1c(C)cc(C)cc1C. The Kier molecular flexibility index (Phi) is 5.64. The highest BCUT2D eigenvalue weighted by Crippen LogP contribution is 2.36. The van der Waals surface area contributed by atoms with Crippen LogP contribution in [0.5, 0.6) is 0 Å². The van der Waals surface area contributed by atoms with E-state index in [-0.39, 0.29) is 0 Å². The number of nitrogens with one attached hydrogen (secondary N) is 1. The van der Waals surface area contributed by atoms with Crippen LogP contribution in [0.2, 0.25) is 0 Å².